The summed E-state index contributed by atoms with van der Waals surface area (Å²) in [6, 6.07) is 19.6. The number of anilines is 1. The van der Waals surface area contributed by atoms with Crippen molar-refractivity contribution in [3.63, 3.8) is 0 Å². The maximum Gasteiger partial charge on any atom is 0.238 e. The molecule has 0 bridgehead atoms. The highest BCUT2D eigenvalue weighted by atomic mass is 19.1. The van der Waals surface area contributed by atoms with Gasteiger partial charge >= 0.3 is 0 Å². The summed E-state index contributed by atoms with van der Waals surface area (Å²) in [5.41, 5.74) is 1.57. The summed E-state index contributed by atoms with van der Waals surface area (Å²) in [6.45, 7) is 3.01. The highest BCUT2D eigenvalue weighted by molar-refractivity contribution is 6.02. The molecule has 0 fully saturated rings. The molecule has 0 radical (unpaired) electrons. The molecule has 0 aliphatic heterocycles. The van der Waals surface area contributed by atoms with Gasteiger partial charge in [-0.25, -0.2) is 4.39 Å². The number of halogens is 1. The second kappa shape index (κ2) is 9.80. The van der Waals surface area contributed by atoms with Crippen molar-refractivity contribution in [3.05, 3.63) is 78.1 Å². The molecule has 0 aliphatic carbocycles. The number of benzene rings is 3. The van der Waals surface area contributed by atoms with Crippen molar-refractivity contribution in [2.45, 2.75) is 13.5 Å². The maximum atomic E-state index is 12.9. The summed E-state index contributed by atoms with van der Waals surface area (Å²) in [5.74, 6) is -0.668. The molecule has 0 heterocycles. The number of nitrogens with zero attached hydrogens (tertiary/aromatic N) is 1. The molecule has 0 saturated heterocycles. The first-order valence-electron chi connectivity index (χ1n) is 9.56. The van der Waals surface area contributed by atoms with Gasteiger partial charge < -0.3 is 10.6 Å². The molecule has 0 spiro atoms. The molecule has 2 amide bonds. The summed E-state index contributed by atoms with van der Waals surface area (Å²) in [7, 11) is 0. The fourth-order valence-corrected chi connectivity index (χ4v) is 3.07. The SMILES string of the molecule is CCN(CC(=O)NCc1ccc(F)cc1)CC(=O)Nc1cccc2ccccc12. The molecule has 5 nitrogen and oxygen atoms in total. The molecule has 2 N–H and O–H groups in total. The fourth-order valence-electron chi connectivity index (χ4n) is 3.07. The van der Waals surface area contributed by atoms with Crippen LogP contribution >= 0.6 is 0 Å². The molecular weight excluding hydrogens is 369 g/mol. The Bertz CT molecular complexity index is 984. The van der Waals surface area contributed by atoms with Crippen LogP contribution in [-0.2, 0) is 16.1 Å². The maximum absolute atomic E-state index is 12.9. The first kappa shape index (κ1) is 20.5. The van der Waals surface area contributed by atoms with Crippen molar-refractivity contribution in [1.29, 1.82) is 0 Å². The molecule has 3 aromatic rings. The van der Waals surface area contributed by atoms with Crippen LogP contribution in [-0.4, -0.2) is 36.3 Å². The van der Waals surface area contributed by atoms with E-state index < -0.39 is 0 Å². The third-order valence-electron chi connectivity index (χ3n) is 4.65. The Labute approximate surface area is 169 Å². The average Bonchev–Trinajstić information content (AvgIpc) is 2.73. The van der Waals surface area contributed by atoms with Gasteiger partial charge in [-0.15, -0.1) is 0 Å². The number of carbonyl (C=O) groups is 2. The topological polar surface area (TPSA) is 61.4 Å². The number of nitrogens with one attached hydrogen (secondary N) is 2. The summed E-state index contributed by atoms with van der Waals surface area (Å²) in [5, 5.41) is 7.76. The molecule has 6 heteroatoms. The van der Waals surface area contributed by atoms with Crippen molar-refractivity contribution >= 4 is 28.3 Å². The predicted molar refractivity (Wildman–Crippen MR) is 113 cm³/mol. The van der Waals surface area contributed by atoms with E-state index in [1.54, 1.807) is 17.0 Å². The van der Waals surface area contributed by atoms with Crippen LogP contribution in [0.1, 0.15) is 12.5 Å². The van der Waals surface area contributed by atoms with E-state index in [4.69, 9.17) is 0 Å². The highest BCUT2D eigenvalue weighted by Gasteiger charge is 2.14. The lowest BCUT2D eigenvalue weighted by atomic mass is 10.1. The molecule has 3 aromatic carbocycles. The van der Waals surface area contributed by atoms with E-state index in [0.717, 1.165) is 22.0 Å². The van der Waals surface area contributed by atoms with Crippen LogP contribution < -0.4 is 10.6 Å². The molecule has 150 valence electrons. The van der Waals surface area contributed by atoms with Gasteiger partial charge in [0.1, 0.15) is 5.82 Å². The molecule has 3 rings (SSSR count). The first-order chi connectivity index (χ1) is 14.0. The van der Waals surface area contributed by atoms with Crippen LogP contribution in [0.25, 0.3) is 10.8 Å². The lowest BCUT2D eigenvalue weighted by Gasteiger charge is -2.19. The minimum Gasteiger partial charge on any atom is -0.351 e. The Morgan fingerprint density at radius 3 is 2.34 bits per heavy atom. The van der Waals surface area contributed by atoms with Gasteiger partial charge in [0.15, 0.2) is 0 Å². The van der Waals surface area contributed by atoms with Gasteiger partial charge in [-0.3, -0.25) is 14.5 Å². The Morgan fingerprint density at radius 2 is 1.59 bits per heavy atom. The smallest absolute Gasteiger partial charge is 0.238 e. The molecule has 0 unspecified atom stereocenters. The minimum atomic E-state index is -0.311. The zero-order chi connectivity index (χ0) is 20.6. The zero-order valence-electron chi connectivity index (χ0n) is 16.3. The quantitative estimate of drug-likeness (QED) is 0.615. The van der Waals surface area contributed by atoms with Gasteiger partial charge in [-0.1, -0.05) is 55.5 Å². The van der Waals surface area contributed by atoms with Crippen LogP contribution in [0.2, 0.25) is 0 Å². The van der Waals surface area contributed by atoms with Gasteiger partial charge in [0.05, 0.1) is 13.1 Å². The monoisotopic (exact) mass is 393 g/mol. The minimum absolute atomic E-state index is 0.112. The van der Waals surface area contributed by atoms with E-state index in [9.17, 15) is 14.0 Å². The van der Waals surface area contributed by atoms with E-state index in [2.05, 4.69) is 10.6 Å². The van der Waals surface area contributed by atoms with Crippen molar-refractivity contribution in [3.8, 4) is 0 Å². The van der Waals surface area contributed by atoms with Gasteiger partial charge in [-0.05, 0) is 35.7 Å². The van der Waals surface area contributed by atoms with Gasteiger partial charge in [-0.2, -0.15) is 0 Å². The third-order valence-corrected chi connectivity index (χ3v) is 4.65. The number of likely N-dealkylation sites (N-methyl/N-ethyl adjacent to an activating group) is 1. The van der Waals surface area contributed by atoms with Crippen LogP contribution in [0, 0.1) is 5.82 Å². The highest BCUT2D eigenvalue weighted by Crippen LogP contribution is 2.22. The lowest BCUT2D eigenvalue weighted by molar-refractivity contribution is -0.123. The Balaban J connectivity index is 1.52. The molecule has 0 aliphatic rings. The summed E-state index contributed by atoms with van der Waals surface area (Å²) in [4.78, 5) is 26.5. The normalized spacial score (nSPS) is 10.9. The molecule has 29 heavy (non-hydrogen) atoms. The van der Waals surface area contributed by atoms with E-state index in [1.807, 2.05) is 49.4 Å². The number of fused-ring (bicyclic) bond motifs is 1. The average molecular weight is 393 g/mol. The second-order valence-electron chi connectivity index (χ2n) is 6.78. The van der Waals surface area contributed by atoms with Crippen molar-refractivity contribution in [1.82, 2.24) is 10.2 Å². The molecule has 0 aromatic heterocycles. The van der Waals surface area contributed by atoms with Gasteiger partial charge in [0.25, 0.3) is 0 Å². The van der Waals surface area contributed by atoms with Crippen LogP contribution in [0.4, 0.5) is 10.1 Å². The zero-order valence-corrected chi connectivity index (χ0v) is 16.3. The Morgan fingerprint density at radius 1 is 0.897 bits per heavy atom. The molecular formula is C23H24FN3O2. The number of hydrogen-bond donors (Lipinski definition) is 2. The first-order valence-corrected chi connectivity index (χ1v) is 9.56. The number of hydrogen-bond acceptors (Lipinski definition) is 3. The van der Waals surface area contributed by atoms with E-state index in [0.29, 0.717) is 13.1 Å². The lowest BCUT2D eigenvalue weighted by Crippen LogP contribution is -2.40. The van der Waals surface area contributed by atoms with E-state index in [1.165, 1.54) is 12.1 Å². The standard InChI is InChI=1S/C23H24FN3O2/c1-2-27(15-22(28)25-14-17-10-12-19(24)13-11-17)16-23(29)26-21-9-5-7-18-6-3-4-8-20(18)21/h3-13H,2,14-16H2,1H3,(H,25,28)(H,26,29). The fraction of sp³-hybridized carbons (Fsp3) is 0.217. The Kier molecular flexibility index (Phi) is 6.92. The van der Waals surface area contributed by atoms with Gasteiger partial charge in [0, 0.05) is 17.6 Å². The van der Waals surface area contributed by atoms with E-state index in [-0.39, 0.29) is 30.7 Å². The number of rotatable bonds is 8. The van der Waals surface area contributed by atoms with Crippen molar-refractivity contribution in [2.24, 2.45) is 0 Å². The second-order valence-corrected chi connectivity index (χ2v) is 6.78. The van der Waals surface area contributed by atoms with Crippen LogP contribution in [0.15, 0.2) is 66.7 Å². The predicted octanol–water partition coefficient (Wildman–Crippen LogP) is 3.56. The van der Waals surface area contributed by atoms with Crippen LogP contribution in [0.3, 0.4) is 0 Å². The number of amides is 2. The third kappa shape index (κ3) is 5.86. The van der Waals surface area contributed by atoms with E-state index >= 15 is 0 Å². The van der Waals surface area contributed by atoms with Crippen molar-refractivity contribution < 1.29 is 14.0 Å². The Hall–Kier alpha value is -3.25. The summed E-state index contributed by atoms with van der Waals surface area (Å²) >= 11 is 0. The molecule has 0 atom stereocenters. The number of carbonyl (C=O) groups excluding carboxylic acids is 2. The van der Waals surface area contributed by atoms with Crippen molar-refractivity contribution in [2.75, 3.05) is 25.0 Å². The molecule has 0 saturated carbocycles. The van der Waals surface area contributed by atoms with Gasteiger partial charge in [0.2, 0.25) is 11.8 Å². The summed E-state index contributed by atoms with van der Waals surface area (Å²) in [6.07, 6.45) is 0. The summed E-state index contributed by atoms with van der Waals surface area (Å²) < 4.78 is 12.9. The largest absolute Gasteiger partial charge is 0.351 e. The van der Waals surface area contributed by atoms with Crippen LogP contribution in [0.5, 0.6) is 0 Å².